The van der Waals surface area contributed by atoms with Gasteiger partial charge in [0.05, 0.1) is 19.9 Å². The summed E-state index contributed by atoms with van der Waals surface area (Å²) < 4.78 is 10.6. The molecule has 1 unspecified atom stereocenters. The van der Waals surface area contributed by atoms with Crippen molar-refractivity contribution in [3.8, 4) is 11.5 Å². The molecule has 0 aliphatic heterocycles. The van der Waals surface area contributed by atoms with Crippen LogP contribution < -0.4 is 14.8 Å². The smallest absolute Gasteiger partial charge is 0.226 e. The second kappa shape index (κ2) is 7.46. The highest BCUT2D eigenvalue weighted by molar-refractivity contribution is 7.15. The summed E-state index contributed by atoms with van der Waals surface area (Å²) in [4.78, 5) is 17.7. The quantitative estimate of drug-likeness (QED) is 0.870. The summed E-state index contributed by atoms with van der Waals surface area (Å²) in [5.74, 6) is 1.43. The van der Waals surface area contributed by atoms with Gasteiger partial charge in [-0.1, -0.05) is 13.0 Å². The fraction of sp³-hybridized carbons (Fsp3) is 0.412. The summed E-state index contributed by atoms with van der Waals surface area (Å²) in [6.45, 7) is 5.93. The van der Waals surface area contributed by atoms with Crippen LogP contribution in [0, 0.1) is 13.8 Å². The molecule has 0 saturated carbocycles. The number of aryl methyl sites for hydroxylation is 2. The lowest BCUT2D eigenvalue weighted by Gasteiger charge is -2.16. The van der Waals surface area contributed by atoms with E-state index in [1.54, 1.807) is 14.2 Å². The second-order valence-electron chi connectivity index (χ2n) is 5.42. The van der Waals surface area contributed by atoms with E-state index in [1.165, 1.54) is 11.3 Å². The first-order valence-corrected chi connectivity index (χ1v) is 8.22. The first-order valence-electron chi connectivity index (χ1n) is 7.40. The Morgan fingerprint density at radius 2 is 2.04 bits per heavy atom. The topological polar surface area (TPSA) is 60.5 Å². The number of amides is 1. The number of methoxy groups -OCH3 is 2. The number of carbonyl (C=O) groups excluding carboxylic acids is 1. The Labute approximate surface area is 140 Å². The van der Waals surface area contributed by atoms with E-state index in [0.29, 0.717) is 11.6 Å². The van der Waals surface area contributed by atoms with Crippen molar-refractivity contribution in [1.29, 1.82) is 0 Å². The predicted octanol–water partition coefficient (Wildman–Crippen LogP) is 3.91. The summed E-state index contributed by atoms with van der Waals surface area (Å²) in [5.41, 5.74) is 1.94. The third kappa shape index (κ3) is 4.22. The minimum Gasteiger partial charge on any atom is -0.497 e. The van der Waals surface area contributed by atoms with Gasteiger partial charge in [-0.15, -0.1) is 11.3 Å². The number of rotatable bonds is 6. The lowest BCUT2D eigenvalue weighted by molar-refractivity contribution is -0.116. The summed E-state index contributed by atoms with van der Waals surface area (Å²) >= 11 is 1.49. The maximum atomic E-state index is 12.2. The minimum atomic E-state index is -0.0517. The van der Waals surface area contributed by atoms with Crippen LogP contribution in [0.3, 0.4) is 0 Å². The van der Waals surface area contributed by atoms with Gasteiger partial charge in [0.2, 0.25) is 5.91 Å². The van der Waals surface area contributed by atoms with Gasteiger partial charge >= 0.3 is 0 Å². The van der Waals surface area contributed by atoms with E-state index >= 15 is 0 Å². The largest absolute Gasteiger partial charge is 0.497 e. The first kappa shape index (κ1) is 17.3. The molecule has 1 aromatic carbocycles. The van der Waals surface area contributed by atoms with Gasteiger partial charge in [0.1, 0.15) is 11.5 Å². The van der Waals surface area contributed by atoms with Gasteiger partial charge in [0.25, 0.3) is 0 Å². The third-order valence-electron chi connectivity index (χ3n) is 3.74. The zero-order valence-corrected chi connectivity index (χ0v) is 14.9. The van der Waals surface area contributed by atoms with Crippen LogP contribution in [-0.2, 0) is 4.79 Å². The molecule has 2 rings (SSSR count). The molecule has 1 heterocycles. The average Bonchev–Trinajstić information content (AvgIpc) is 2.83. The number of thiazole rings is 1. The lowest BCUT2D eigenvalue weighted by Crippen LogP contribution is -2.14. The van der Waals surface area contributed by atoms with Crippen molar-refractivity contribution in [3.05, 3.63) is 34.3 Å². The lowest BCUT2D eigenvalue weighted by atomic mass is 9.96. The van der Waals surface area contributed by atoms with Gasteiger partial charge in [-0.05, 0) is 31.4 Å². The fourth-order valence-corrected chi connectivity index (χ4v) is 3.14. The fourth-order valence-electron chi connectivity index (χ4n) is 2.31. The van der Waals surface area contributed by atoms with Gasteiger partial charge in [-0.3, -0.25) is 4.79 Å². The van der Waals surface area contributed by atoms with Crippen molar-refractivity contribution < 1.29 is 14.3 Å². The average molecular weight is 334 g/mol. The Hall–Kier alpha value is -2.08. The molecule has 0 bridgehead atoms. The molecule has 2 aromatic rings. The van der Waals surface area contributed by atoms with E-state index in [2.05, 4.69) is 10.3 Å². The normalized spacial score (nSPS) is 11.9. The van der Waals surface area contributed by atoms with E-state index in [4.69, 9.17) is 9.47 Å². The monoisotopic (exact) mass is 334 g/mol. The highest BCUT2D eigenvalue weighted by Crippen LogP contribution is 2.32. The number of carbonyl (C=O) groups is 1. The summed E-state index contributed by atoms with van der Waals surface area (Å²) in [6.07, 6.45) is 0.361. The number of hydrogen-bond acceptors (Lipinski definition) is 5. The molecule has 0 saturated heterocycles. The van der Waals surface area contributed by atoms with Crippen molar-refractivity contribution in [3.63, 3.8) is 0 Å². The van der Waals surface area contributed by atoms with E-state index in [1.807, 2.05) is 39.0 Å². The molecule has 124 valence electrons. The molecule has 23 heavy (non-hydrogen) atoms. The number of nitrogens with one attached hydrogen (secondary N) is 1. The van der Waals surface area contributed by atoms with Crippen molar-refractivity contribution in [2.45, 2.75) is 33.1 Å². The molecular formula is C17H22N2O3S. The molecule has 0 fully saturated rings. The molecule has 1 atom stereocenters. The van der Waals surface area contributed by atoms with Gasteiger partial charge in [0, 0.05) is 17.4 Å². The SMILES string of the molecule is COc1ccc(C(C)CC(=O)Nc2nc(C)c(C)s2)c(OC)c1. The van der Waals surface area contributed by atoms with Crippen molar-refractivity contribution >= 4 is 22.4 Å². The molecule has 6 heteroatoms. The van der Waals surface area contributed by atoms with Gasteiger partial charge in [-0.2, -0.15) is 0 Å². The van der Waals surface area contributed by atoms with Gasteiger partial charge < -0.3 is 14.8 Å². The zero-order valence-electron chi connectivity index (χ0n) is 14.1. The summed E-state index contributed by atoms with van der Waals surface area (Å²) in [5, 5.41) is 3.52. The molecule has 0 aliphatic carbocycles. The van der Waals surface area contributed by atoms with Crippen LogP contribution in [0.2, 0.25) is 0 Å². The second-order valence-corrected chi connectivity index (χ2v) is 6.63. The van der Waals surface area contributed by atoms with Crippen molar-refractivity contribution in [1.82, 2.24) is 4.98 Å². The van der Waals surface area contributed by atoms with Gasteiger partial charge in [0.15, 0.2) is 5.13 Å². The van der Waals surface area contributed by atoms with Crippen LogP contribution in [0.25, 0.3) is 0 Å². The number of benzene rings is 1. The summed E-state index contributed by atoms with van der Waals surface area (Å²) in [7, 11) is 3.23. The summed E-state index contributed by atoms with van der Waals surface area (Å²) in [6, 6.07) is 5.64. The van der Waals surface area contributed by atoms with Crippen LogP contribution in [0.1, 0.15) is 35.4 Å². The highest BCUT2D eigenvalue weighted by atomic mass is 32.1. The van der Waals surface area contributed by atoms with Gasteiger partial charge in [-0.25, -0.2) is 4.98 Å². The maximum absolute atomic E-state index is 12.2. The van der Waals surface area contributed by atoms with E-state index in [9.17, 15) is 4.79 Å². The highest BCUT2D eigenvalue weighted by Gasteiger charge is 2.17. The Morgan fingerprint density at radius 3 is 2.61 bits per heavy atom. The Bertz CT molecular complexity index is 678. The van der Waals surface area contributed by atoms with Crippen LogP contribution in [-0.4, -0.2) is 25.1 Å². The van der Waals surface area contributed by atoms with Crippen LogP contribution in [0.4, 0.5) is 5.13 Å². The number of nitrogens with zero attached hydrogens (tertiary/aromatic N) is 1. The molecule has 1 aromatic heterocycles. The Kier molecular flexibility index (Phi) is 5.60. The van der Waals surface area contributed by atoms with E-state index < -0.39 is 0 Å². The molecule has 5 nitrogen and oxygen atoms in total. The molecule has 0 radical (unpaired) electrons. The number of ether oxygens (including phenoxy) is 2. The first-order chi connectivity index (χ1) is 10.9. The van der Waals surface area contributed by atoms with Crippen LogP contribution in [0.5, 0.6) is 11.5 Å². The third-order valence-corrected chi connectivity index (χ3v) is 4.73. The Morgan fingerprint density at radius 1 is 1.30 bits per heavy atom. The molecular weight excluding hydrogens is 312 g/mol. The number of hydrogen-bond donors (Lipinski definition) is 1. The maximum Gasteiger partial charge on any atom is 0.226 e. The molecule has 0 aliphatic rings. The molecule has 1 N–H and O–H groups in total. The van der Waals surface area contributed by atoms with Crippen LogP contribution >= 0.6 is 11.3 Å². The molecule has 1 amide bonds. The zero-order chi connectivity index (χ0) is 17.0. The predicted molar refractivity (Wildman–Crippen MR) is 92.8 cm³/mol. The van der Waals surface area contributed by atoms with Crippen LogP contribution in [0.15, 0.2) is 18.2 Å². The standard InChI is InChI=1S/C17H22N2O3S/c1-10(14-7-6-13(21-4)9-15(14)22-5)8-16(20)19-17-18-11(2)12(3)23-17/h6-7,9-10H,8H2,1-5H3,(H,18,19,20). The molecule has 0 spiro atoms. The van der Waals surface area contributed by atoms with E-state index in [-0.39, 0.29) is 11.8 Å². The number of aromatic nitrogens is 1. The minimum absolute atomic E-state index is 0.0259. The van der Waals surface area contributed by atoms with E-state index in [0.717, 1.165) is 27.6 Å². The van der Waals surface area contributed by atoms with Crippen molar-refractivity contribution in [2.75, 3.05) is 19.5 Å². The van der Waals surface area contributed by atoms with Crippen molar-refractivity contribution in [2.24, 2.45) is 0 Å². The Balaban J connectivity index is 2.06. The number of anilines is 1.